The van der Waals surface area contributed by atoms with E-state index in [1.54, 1.807) is 0 Å². The fraction of sp³-hybridized carbons (Fsp3) is 0.333. The molecule has 0 bridgehead atoms. The Morgan fingerprint density at radius 3 is 2.26 bits per heavy atom. The minimum Gasteiger partial charge on any atom is -0.352 e. The molecule has 0 saturated heterocycles. The Balaban J connectivity index is 2.07. The molecule has 0 unspecified atom stereocenters. The Hall–Kier alpha value is -3.72. The number of hydrogen-bond acceptors (Lipinski definition) is 4. The summed E-state index contributed by atoms with van der Waals surface area (Å²) < 4.78 is 40.4. The van der Waals surface area contributed by atoms with Gasteiger partial charge in [0.15, 0.2) is 0 Å². The summed E-state index contributed by atoms with van der Waals surface area (Å²) in [6.07, 6.45) is 1.91. The largest absolute Gasteiger partial charge is 0.352 e. The van der Waals surface area contributed by atoms with Gasteiger partial charge in [-0.3, -0.25) is 13.9 Å². The maximum Gasteiger partial charge on any atom is 0.244 e. The van der Waals surface area contributed by atoms with Gasteiger partial charge >= 0.3 is 0 Å². The van der Waals surface area contributed by atoms with E-state index < -0.39 is 34.3 Å². The first-order valence-electron chi connectivity index (χ1n) is 12.9. The molecule has 2 amide bonds. The molecule has 3 rings (SSSR count). The Morgan fingerprint density at radius 1 is 0.974 bits per heavy atom. The van der Waals surface area contributed by atoms with E-state index in [0.717, 1.165) is 33.3 Å². The van der Waals surface area contributed by atoms with Gasteiger partial charge in [0.2, 0.25) is 21.8 Å². The zero-order valence-corrected chi connectivity index (χ0v) is 23.6. The van der Waals surface area contributed by atoms with Gasteiger partial charge < -0.3 is 10.2 Å². The van der Waals surface area contributed by atoms with Crippen molar-refractivity contribution in [2.75, 3.05) is 17.1 Å². The Bertz CT molecular complexity index is 1380. The van der Waals surface area contributed by atoms with E-state index in [0.29, 0.717) is 6.42 Å². The average molecular weight is 554 g/mol. The highest BCUT2D eigenvalue weighted by Crippen LogP contribution is 2.22. The third-order valence-corrected chi connectivity index (χ3v) is 7.79. The number of anilines is 1. The molecule has 39 heavy (non-hydrogen) atoms. The van der Waals surface area contributed by atoms with Gasteiger partial charge in [-0.1, -0.05) is 67.6 Å². The van der Waals surface area contributed by atoms with E-state index >= 15 is 0 Å². The van der Waals surface area contributed by atoms with Crippen LogP contribution in [0.4, 0.5) is 10.1 Å². The SMILES string of the molecule is CC[C@@H](C)NC(=O)[C@@H](Cc1ccccc1)N(Cc1ccccc1C)C(=O)CN(c1cccc(F)c1)S(C)(=O)=O. The summed E-state index contributed by atoms with van der Waals surface area (Å²) >= 11 is 0. The zero-order valence-electron chi connectivity index (χ0n) is 22.8. The number of carbonyl (C=O) groups excluding carboxylic acids is 2. The Kier molecular flexibility index (Phi) is 10.2. The lowest BCUT2D eigenvalue weighted by Gasteiger charge is -2.34. The highest BCUT2D eigenvalue weighted by Gasteiger charge is 2.33. The predicted octanol–water partition coefficient (Wildman–Crippen LogP) is 4.45. The maximum absolute atomic E-state index is 14.0. The van der Waals surface area contributed by atoms with Crippen LogP contribution in [0.25, 0.3) is 0 Å². The van der Waals surface area contributed by atoms with Gasteiger partial charge in [0.25, 0.3) is 0 Å². The van der Waals surface area contributed by atoms with E-state index in [-0.39, 0.29) is 30.6 Å². The molecule has 0 saturated carbocycles. The van der Waals surface area contributed by atoms with Crippen molar-refractivity contribution in [3.8, 4) is 0 Å². The second kappa shape index (κ2) is 13.4. The molecule has 0 aliphatic heterocycles. The van der Waals surface area contributed by atoms with E-state index in [1.165, 1.54) is 23.1 Å². The monoisotopic (exact) mass is 553 g/mol. The summed E-state index contributed by atoms with van der Waals surface area (Å²) in [5.41, 5.74) is 2.65. The van der Waals surface area contributed by atoms with Crippen LogP contribution in [0.1, 0.15) is 37.0 Å². The van der Waals surface area contributed by atoms with Gasteiger partial charge in [-0.25, -0.2) is 12.8 Å². The normalized spacial score (nSPS) is 12.8. The summed E-state index contributed by atoms with van der Waals surface area (Å²) in [5.74, 6) is -1.53. The molecule has 3 aromatic carbocycles. The molecule has 208 valence electrons. The number of sulfonamides is 1. The lowest BCUT2D eigenvalue weighted by molar-refractivity contribution is -0.140. The summed E-state index contributed by atoms with van der Waals surface area (Å²) in [6, 6.07) is 20.9. The number of nitrogens with one attached hydrogen (secondary N) is 1. The van der Waals surface area contributed by atoms with Crippen LogP contribution in [0.15, 0.2) is 78.9 Å². The minimum absolute atomic E-state index is 0.0327. The van der Waals surface area contributed by atoms with Crippen molar-refractivity contribution in [3.05, 3.63) is 101 Å². The number of nitrogens with zero attached hydrogens (tertiary/aromatic N) is 2. The van der Waals surface area contributed by atoms with Crippen LogP contribution in [0.5, 0.6) is 0 Å². The first-order chi connectivity index (χ1) is 18.5. The van der Waals surface area contributed by atoms with Crippen molar-refractivity contribution in [1.82, 2.24) is 10.2 Å². The first kappa shape index (κ1) is 29.8. The van der Waals surface area contributed by atoms with Gasteiger partial charge in [-0.05, 0) is 55.2 Å². The van der Waals surface area contributed by atoms with Gasteiger partial charge in [0, 0.05) is 19.0 Å². The number of halogens is 1. The van der Waals surface area contributed by atoms with Crippen molar-refractivity contribution >= 4 is 27.5 Å². The van der Waals surface area contributed by atoms with E-state index in [2.05, 4.69) is 5.32 Å². The van der Waals surface area contributed by atoms with E-state index in [4.69, 9.17) is 0 Å². The molecule has 0 spiro atoms. The maximum atomic E-state index is 14.0. The smallest absolute Gasteiger partial charge is 0.244 e. The molecule has 3 aromatic rings. The molecule has 0 heterocycles. The second-order valence-corrected chi connectivity index (χ2v) is 11.6. The van der Waals surface area contributed by atoms with Gasteiger partial charge in [0.1, 0.15) is 18.4 Å². The molecular weight excluding hydrogens is 517 g/mol. The quantitative estimate of drug-likeness (QED) is 0.359. The van der Waals surface area contributed by atoms with Crippen LogP contribution in [0.2, 0.25) is 0 Å². The van der Waals surface area contributed by atoms with Gasteiger partial charge in [-0.15, -0.1) is 0 Å². The van der Waals surface area contributed by atoms with E-state index in [1.807, 2.05) is 75.4 Å². The molecular formula is C30H36FN3O4S. The van der Waals surface area contributed by atoms with Crippen molar-refractivity contribution < 1.29 is 22.4 Å². The molecule has 0 aliphatic rings. The van der Waals surface area contributed by atoms with Crippen LogP contribution in [0.3, 0.4) is 0 Å². The van der Waals surface area contributed by atoms with Crippen LogP contribution < -0.4 is 9.62 Å². The standard InChI is InChI=1S/C30H36FN3O4S/c1-5-23(3)32-30(36)28(18-24-13-7-6-8-14-24)33(20-25-15-10-9-12-22(25)2)29(35)21-34(39(4,37)38)27-17-11-16-26(31)19-27/h6-17,19,23,28H,5,18,20-21H2,1-4H3,(H,32,36)/t23-,28-/m1/s1. The number of rotatable bonds is 12. The highest BCUT2D eigenvalue weighted by molar-refractivity contribution is 7.92. The van der Waals surface area contributed by atoms with Crippen LogP contribution >= 0.6 is 0 Å². The summed E-state index contributed by atoms with van der Waals surface area (Å²) in [4.78, 5) is 29.1. The van der Waals surface area contributed by atoms with Crippen molar-refractivity contribution in [2.45, 2.75) is 52.2 Å². The van der Waals surface area contributed by atoms with Crippen LogP contribution in [0, 0.1) is 12.7 Å². The van der Waals surface area contributed by atoms with Crippen LogP contribution in [-0.2, 0) is 32.6 Å². The van der Waals surface area contributed by atoms with E-state index in [9.17, 15) is 22.4 Å². The third-order valence-electron chi connectivity index (χ3n) is 6.65. The van der Waals surface area contributed by atoms with Crippen molar-refractivity contribution in [1.29, 1.82) is 0 Å². The Morgan fingerprint density at radius 2 is 1.64 bits per heavy atom. The molecule has 0 aliphatic carbocycles. The number of carbonyl (C=O) groups is 2. The average Bonchev–Trinajstić information content (AvgIpc) is 2.89. The molecule has 1 N–H and O–H groups in total. The molecule has 0 radical (unpaired) electrons. The van der Waals surface area contributed by atoms with Crippen LogP contribution in [-0.4, -0.2) is 50.0 Å². The second-order valence-electron chi connectivity index (χ2n) is 9.72. The Labute approximate surface area is 230 Å². The predicted molar refractivity (Wildman–Crippen MR) is 152 cm³/mol. The molecule has 0 fully saturated rings. The molecule has 7 nitrogen and oxygen atoms in total. The summed E-state index contributed by atoms with van der Waals surface area (Å²) in [6.45, 7) is 5.27. The third kappa shape index (κ3) is 8.38. The summed E-state index contributed by atoms with van der Waals surface area (Å²) in [5, 5.41) is 2.99. The highest BCUT2D eigenvalue weighted by atomic mass is 32.2. The number of hydrogen-bond donors (Lipinski definition) is 1. The fourth-order valence-electron chi connectivity index (χ4n) is 4.21. The lowest BCUT2D eigenvalue weighted by atomic mass is 10.0. The fourth-order valence-corrected chi connectivity index (χ4v) is 5.05. The summed E-state index contributed by atoms with van der Waals surface area (Å²) in [7, 11) is -3.95. The van der Waals surface area contributed by atoms with Crippen molar-refractivity contribution in [3.63, 3.8) is 0 Å². The minimum atomic E-state index is -3.95. The van der Waals surface area contributed by atoms with Gasteiger partial charge in [-0.2, -0.15) is 0 Å². The lowest BCUT2D eigenvalue weighted by Crippen LogP contribution is -2.54. The van der Waals surface area contributed by atoms with Gasteiger partial charge in [0.05, 0.1) is 11.9 Å². The van der Waals surface area contributed by atoms with Crippen molar-refractivity contribution in [2.24, 2.45) is 0 Å². The molecule has 9 heteroatoms. The molecule has 2 atom stereocenters. The topological polar surface area (TPSA) is 86.8 Å². The number of amides is 2. The number of aryl methyl sites for hydroxylation is 1. The number of benzene rings is 3. The molecule has 0 aromatic heterocycles. The first-order valence-corrected chi connectivity index (χ1v) is 14.8. The zero-order chi connectivity index (χ0) is 28.6.